The van der Waals surface area contributed by atoms with E-state index in [4.69, 9.17) is 0 Å². The van der Waals surface area contributed by atoms with Crippen molar-refractivity contribution in [1.82, 2.24) is 10.2 Å². The van der Waals surface area contributed by atoms with Gasteiger partial charge in [0, 0.05) is 29.1 Å². The summed E-state index contributed by atoms with van der Waals surface area (Å²) in [6.07, 6.45) is -1.21. The maximum Gasteiger partial charge on any atom is 0.266 e. The van der Waals surface area contributed by atoms with E-state index in [1.165, 1.54) is 12.1 Å². The molecule has 0 bridgehead atoms. The minimum Gasteiger partial charge on any atom is -0.361 e. The molecule has 0 radical (unpaired) electrons. The quantitative estimate of drug-likeness (QED) is 0.623. The molecule has 1 atom stereocenters. The normalized spacial score (nSPS) is 17.5. The molecule has 1 spiro atoms. The number of amides is 1. The van der Waals surface area contributed by atoms with Crippen LogP contribution in [-0.4, -0.2) is 23.2 Å². The summed E-state index contributed by atoms with van der Waals surface area (Å²) < 4.78 is 40.8. The molecule has 5 nitrogen and oxygen atoms in total. The molecule has 31 heavy (non-hydrogen) atoms. The highest BCUT2D eigenvalue weighted by atomic mass is 19.3. The van der Waals surface area contributed by atoms with Gasteiger partial charge in [0.05, 0.1) is 22.7 Å². The van der Waals surface area contributed by atoms with Crippen molar-refractivity contribution in [1.29, 1.82) is 0 Å². The standard InChI is InChI=1S/C23H21F3N4O/c1-11(13-5-4-6-14(19(13)24)20(25)26)27-21-16-10-18-17(9-15(16)12(2)28-29-21)23(7-8-23)22(31)30(18)3/h4-6,9-11,20H,7-8H2,1-3H3,(H,27,29)/t11-/m1/s1. The number of aromatic nitrogens is 2. The van der Waals surface area contributed by atoms with Gasteiger partial charge >= 0.3 is 0 Å². The Hall–Kier alpha value is -3.16. The summed E-state index contributed by atoms with van der Waals surface area (Å²) in [5.74, 6) is -0.413. The molecule has 5 rings (SSSR count). The number of hydrogen-bond acceptors (Lipinski definition) is 4. The van der Waals surface area contributed by atoms with E-state index in [9.17, 15) is 18.0 Å². The number of rotatable bonds is 4. The molecule has 2 aliphatic rings. The van der Waals surface area contributed by atoms with Crippen LogP contribution in [0.2, 0.25) is 0 Å². The Balaban J connectivity index is 1.59. The van der Waals surface area contributed by atoms with Gasteiger partial charge in [0.15, 0.2) is 5.82 Å². The molecule has 1 aliphatic heterocycles. The van der Waals surface area contributed by atoms with Gasteiger partial charge < -0.3 is 10.2 Å². The minimum absolute atomic E-state index is 0.102. The molecule has 1 aliphatic carbocycles. The molecule has 160 valence electrons. The van der Waals surface area contributed by atoms with Gasteiger partial charge in [-0.15, -0.1) is 5.10 Å². The van der Waals surface area contributed by atoms with Gasteiger partial charge in [0.1, 0.15) is 5.82 Å². The number of halogens is 3. The highest BCUT2D eigenvalue weighted by Crippen LogP contribution is 2.58. The van der Waals surface area contributed by atoms with Crippen molar-refractivity contribution in [2.24, 2.45) is 0 Å². The van der Waals surface area contributed by atoms with Crippen LogP contribution < -0.4 is 10.2 Å². The Bertz CT molecular complexity index is 1240. The lowest BCUT2D eigenvalue weighted by atomic mass is 9.95. The van der Waals surface area contributed by atoms with Crippen LogP contribution in [0.5, 0.6) is 0 Å². The summed E-state index contributed by atoms with van der Waals surface area (Å²) in [7, 11) is 1.77. The van der Waals surface area contributed by atoms with Gasteiger partial charge in [0.25, 0.3) is 6.43 Å². The lowest BCUT2D eigenvalue weighted by Crippen LogP contribution is -2.27. The van der Waals surface area contributed by atoms with Crippen molar-refractivity contribution in [3.05, 3.63) is 58.5 Å². The Morgan fingerprint density at radius 3 is 2.52 bits per heavy atom. The molecule has 2 heterocycles. The fourth-order valence-corrected chi connectivity index (χ4v) is 4.59. The Morgan fingerprint density at radius 2 is 1.84 bits per heavy atom. The smallest absolute Gasteiger partial charge is 0.266 e. The number of nitrogens with one attached hydrogen (secondary N) is 1. The van der Waals surface area contributed by atoms with Gasteiger partial charge in [-0.25, -0.2) is 13.2 Å². The van der Waals surface area contributed by atoms with Crippen molar-refractivity contribution < 1.29 is 18.0 Å². The van der Waals surface area contributed by atoms with Gasteiger partial charge in [-0.2, -0.15) is 5.10 Å². The molecular formula is C23H21F3N4O. The molecular weight excluding hydrogens is 405 g/mol. The Labute approximate surface area is 177 Å². The van der Waals surface area contributed by atoms with Crippen molar-refractivity contribution in [2.45, 2.75) is 44.6 Å². The first-order valence-corrected chi connectivity index (χ1v) is 10.2. The maximum absolute atomic E-state index is 14.6. The molecule has 1 amide bonds. The first kappa shape index (κ1) is 19.8. The zero-order valence-electron chi connectivity index (χ0n) is 17.3. The van der Waals surface area contributed by atoms with Crippen LogP contribution >= 0.6 is 0 Å². The monoisotopic (exact) mass is 426 g/mol. The molecule has 0 saturated heterocycles. The number of carbonyl (C=O) groups is 1. The fraction of sp³-hybridized carbons (Fsp3) is 0.348. The average molecular weight is 426 g/mol. The number of fused-ring (bicyclic) bond motifs is 3. The van der Waals surface area contributed by atoms with E-state index in [2.05, 4.69) is 15.5 Å². The average Bonchev–Trinajstić information content (AvgIpc) is 3.52. The highest BCUT2D eigenvalue weighted by Gasteiger charge is 2.58. The third-order valence-corrected chi connectivity index (χ3v) is 6.53. The van der Waals surface area contributed by atoms with E-state index < -0.39 is 29.3 Å². The third kappa shape index (κ3) is 2.80. The molecule has 1 aromatic heterocycles. The van der Waals surface area contributed by atoms with Crippen LogP contribution in [0.25, 0.3) is 10.8 Å². The predicted octanol–water partition coefficient (Wildman–Crippen LogP) is 5.20. The SMILES string of the molecule is Cc1nnc(N[C@H](C)c2cccc(C(F)F)c2F)c2cc3c(cc12)C1(CC1)C(=O)N3C. The number of nitrogens with zero attached hydrogens (tertiary/aromatic N) is 3. The van der Waals surface area contributed by atoms with Gasteiger partial charge in [-0.05, 0) is 44.4 Å². The maximum atomic E-state index is 14.6. The van der Waals surface area contributed by atoms with Crippen LogP contribution in [-0.2, 0) is 10.2 Å². The number of aryl methyl sites for hydroxylation is 1. The van der Waals surface area contributed by atoms with Crippen LogP contribution in [0.3, 0.4) is 0 Å². The van der Waals surface area contributed by atoms with Crippen LogP contribution in [0, 0.1) is 12.7 Å². The van der Waals surface area contributed by atoms with Gasteiger partial charge in [-0.3, -0.25) is 4.79 Å². The number of hydrogen-bond donors (Lipinski definition) is 1. The second kappa shape index (κ2) is 6.67. The molecule has 3 aromatic rings. The van der Waals surface area contributed by atoms with Gasteiger partial charge in [0.2, 0.25) is 5.91 Å². The molecule has 1 fully saturated rings. The number of benzene rings is 2. The minimum atomic E-state index is -2.89. The molecule has 8 heteroatoms. The predicted molar refractivity (Wildman–Crippen MR) is 112 cm³/mol. The van der Waals surface area contributed by atoms with Crippen molar-refractivity contribution >= 4 is 28.2 Å². The topological polar surface area (TPSA) is 58.1 Å². The van der Waals surface area contributed by atoms with Crippen molar-refractivity contribution in [3.8, 4) is 0 Å². The van der Waals surface area contributed by atoms with Crippen molar-refractivity contribution in [2.75, 3.05) is 17.3 Å². The van der Waals surface area contributed by atoms with E-state index in [0.29, 0.717) is 5.82 Å². The summed E-state index contributed by atoms with van der Waals surface area (Å²) in [5.41, 5.74) is 1.66. The number of anilines is 2. The zero-order chi connectivity index (χ0) is 22.1. The lowest BCUT2D eigenvalue weighted by Gasteiger charge is -2.19. The summed E-state index contributed by atoms with van der Waals surface area (Å²) in [6, 6.07) is 7.28. The Kier molecular flexibility index (Phi) is 4.26. The van der Waals surface area contributed by atoms with Crippen LogP contribution in [0.15, 0.2) is 30.3 Å². The van der Waals surface area contributed by atoms with E-state index >= 15 is 0 Å². The number of likely N-dealkylation sites (N-methyl/N-ethyl adjacent to an activating group) is 1. The first-order valence-electron chi connectivity index (χ1n) is 10.2. The summed E-state index contributed by atoms with van der Waals surface area (Å²) in [6.45, 7) is 3.53. The molecule has 2 aromatic carbocycles. The zero-order valence-corrected chi connectivity index (χ0v) is 17.3. The lowest BCUT2D eigenvalue weighted by molar-refractivity contribution is -0.119. The summed E-state index contributed by atoms with van der Waals surface area (Å²) in [5, 5.41) is 13.2. The second-order valence-electron chi connectivity index (χ2n) is 8.41. The van der Waals surface area contributed by atoms with Crippen LogP contribution in [0.4, 0.5) is 24.7 Å². The van der Waals surface area contributed by atoms with E-state index in [0.717, 1.165) is 46.6 Å². The molecule has 0 unspecified atom stereocenters. The second-order valence-corrected chi connectivity index (χ2v) is 8.41. The number of carbonyl (C=O) groups excluding carboxylic acids is 1. The fourth-order valence-electron chi connectivity index (χ4n) is 4.59. The van der Waals surface area contributed by atoms with Crippen molar-refractivity contribution in [3.63, 3.8) is 0 Å². The van der Waals surface area contributed by atoms with E-state index in [1.807, 2.05) is 19.1 Å². The first-order chi connectivity index (χ1) is 14.7. The molecule has 1 N–H and O–H groups in total. The third-order valence-electron chi connectivity index (χ3n) is 6.53. The largest absolute Gasteiger partial charge is 0.361 e. The molecule has 1 saturated carbocycles. The van der Waals surface area contributed by atoms with E-state index in [1.54, 1.807) is 18.9 Å². The summed E-state index contributed by atoms with van der Waals surface area (Å²) in [4.78, 5) is 14.4. The van der Waals surface area contributed by atoms with Crippen LogP contribution in [0.1, 0.15) is 54.6 Å². The number of alkyl halides is 2. The Morgan fingerprint density at radius 1 is 1.13 bits per heavy atom. The summed E-state index contributed by atoms with van der Waals surface area (Å²) >= 11 is 0. The van der Waals surface area contributed by atoms with E-state index in [-0.39, 0.29) is 11.5 Å². The van der Waals surface area contributed by atoms with Gasteiger partial charge in [-0.1, -0.05) is 18.2 Å². The highest BCUT2D eigenvalue weighted by molar-refractivity contribution is 6.12.